The van der Waals surface area contributed by atoms with Gasteiger partial charge in [0, 0.05) is 11.6 Å². The second-order valence-electron chi connectivity index (χ2n) is 5.59. The lowest BCUT2D eigenvalue weighted by atomic mass is 9.90. The highest BCUT2D eigenvalue weighted by Crippen LogP contribution is 2.35. The molecule has 1 aromatic carbocycles. The van der Waals surface area contributed by atoms with Crippen LogP contribution >= 0.6 is 0 Å². The van der Waals surface area contributed by atoms with Crippen LogP contribution in [0.3, 0.4) is 0 Å². The van der Waals surface area contributed by atoms with Crippen LogP contribution in [0, 0.1) is 0 Å². The minimum Gasteiger partial charge on any atom is -0.389 e. The zero-order valence-electron chi connectivity index (χ0n) is 10.3. The van der Waals surface area contributed by atoms with E-state index in [1.54, 1.807) is 0 Å². The first kappa shape index (κ1) is 11.6. The molecule has 0 spiro atoms. The minimum atomic E-state index is -0.646. The second kappa shape index (κ2) is 3.86. The zero-order valence-corrected chi connectivity index (χ0v) is 10.3. The third-order valence-electron chi connectivity index (χ3n) is 3.69. The van der Waals surface area contributed by atoms with Gasteiger partial charge < -0.3 is 10.4 Å². The smallest absolute Gasteiger partial charge is 0.0744 e. The van der Waals surface area contributed by atoms with E-state index in [-0.39, 0.29) is 11.6 Å². The van der Waals surface area contributed by atoms with E-state index in [9.17, 15) is 5.11 Å². The molecule has 0 bridgehead atoms. The van der Waals surface area contributed by atoms with E-state index < -0.39 is 5.60 Å². The minimum absolute atomic E-state index is 0.00588. The zero-order chi connectivity index (χ0) is 11.8. The van der Waals surface area contributed by atoms with Crippen LogP contribution < -0.4 is 5.32 Å². The molecule has 1 saturated heterocycles. The lowest BCUT2D eigenvalue weighted by molar-refractivity contribution is 0.0402. The van der Waals surface area contributed by atoms with Crippen LogP contribution in [-0.2, 0) is 5.54 Å². The standard InChI is InChI=1S/C14H21NO/c1-13(2,16)12-9-10-14(3,15-12)11-7-5-4-6-8-11/h4-8,12,15-16H,9-10H2,1-3H3/t12?,14-/m0/s1. The predicted molar refractivity (Wildman–Crippen MR) is 66.2 cm³/mol. The largest absolute Gasteiger partial charge is 0.389 e. The molecule has 1 aromatic rings. The molecule has 1 fully saturated rings. The maximum Gasteiger partial charge on any atom is 0.0744 e. The van der Waals surface area contributed by atoms with Crippen molar-refractivity contribution < 1.29 is 5.11 Å². The van der Waals surface area contributed by atoms with Crippen molar-refractivity contribution in [1.82, 2.24) is 5.32 Å². The number of rotatable bonds is 2. The van der Waals surface area contributed by atoms with Gasteiger partial charge in [0.2, 0.25) is 0 Å². The van der Waals surface area contributed by atoms with Crippen LogP contribution in [-0.4, -0.2) is 16.7 Å². The normalized spacial score (nSPS) is 30.6. The van der Waals surface area contributed by atoms with Crippen LogP contribution in [0.1, 0.15) is 39.2 Å². The van der Waals surface area contributed by atoms with Crippen LogP contribution in [0.15, 0.2) is 30.3 Å². The van der Waals surface area contributed by atoms with E-state index in [0.29, 0.717) is 0 Å². The summed E-state index contributed by atoms with van der Waals surface area (Å²) in [4.78, 5) is 0. The summed E-state index contributed by atoms with van der Waals surface area (Å²) in [6.07, 6.45) is 2.10. The molecule has 0 aliphatic carbocycles. The Morgan fingerprint density at radius 3 is 2.44 bits per heavy atom. The van der Waals surface area contributed by atoms with Crippen molar-refractivity contribution in [3.05, 3.63) is 35.9 Å². The summed E-state index contributed by atoms with van der Waals surface area (Å²) < 4.78 is 0. The van der Waals surface area contributed by atoms with E-state index in [4.69, 9.17) is 0 Å². The number of aliphatic hydroxyl groups is 1. The summed E-state index contributed by atoms with van der Waals surface area (Å²) in [5.74, 6) is 0. The van der Waals surface area contributed by atoms with E-state index in [0.717, 1.165) is 12.8 Å². The van der Waals surface area contributed by atoms with Crippen molar-refractivity contribution in [2.24, 2.45) is 0 Å². The fourth-order valence-electron chi connectivity index (χ4n) is 2.53. The Hall–Kier alpha value is -0.860. The molecule has 1 unspecified atom stereocenters. The van der Waals surface area contributed by atoms with Crippen molar-refractivity contribution in [2.75, 3.05) is 0 Å². The summed E-state index contributed by atoms with van der Waals surface area (Å²) in [6, 6.07) is 10.7. The fourth-order valence-corrected chi connectivity index (χ4v) is 2.53. The molecule has 0 amide bonds. The maximum atomic E-state index is 10.0. The van der Waals surface area contributed by atoms with E-state index in [1.165, 1.54) is 5.56 Å². The molecule has 0 radical (unpaired) electrons. The molecule has 2 atom stereocenters. The highest BCUT2D eigenvalue weighted by molar-refractivity contribution is 5.25. The number of hydrogen-bond donors (Lipinski definition) is 2. The van der Waals surface area contributed by atoms with Gasteiger partial charge in [-0.25, -0.2) is 0 Å². The Bertz CT molecular complexity index is 355. The number of benzene rings is 1. The SMILES string of the molecule is CC(C)(O)C1CC[C@@](C)(c2ccccc2)N1. The van der Waals surface area contributed by atoms with E-state index in [1.807, 2.05) is 19.9 Å². The van der Waals surface area contributed by atoms with E-state index >= 15 is 0 Å². The van der Waals surface area contributed by atoms with Gasteiger partial charge in [0.1, 0.15) is 0 Å². The predicted octanol–water partition coefficient (Wildman–Crippen LogP) is 2.42. The summed E-state index contributed by atoms with van der Waals surface area (Å²) >= 11 is 0. The molecule has 2 rings (SSSR count). The van der Waals surface area contributed by atoms with Crippen LogP contribution in [0.4, 0.5) is 0 Å². The Kier molecular flexibility index (Phi) is 2.81. The van der Waals surface area contributed by atoms with Crippen molar-refractivity contribution in [3.63, 3.8) is 0 Å². The average molecular weight is 219 g/mol. The van der Waals surface area contributed by atoms with Gasteiger partial charge in [-0.15, -0.1) is 0 Å². The highest BCUT2D eigenvalue weighted by Gasteiger charge is 2.41. The lowest BCUT2D eigenvalue weighted by Crippen LogP contribution is -2.48. The quantitative estimate of drug-likeness (QED) is 0.800. The first-order valence-corrected chi connectivity index (χ1v) is 5.97. The van der Waals surface area contributed by atoms with Gasteiger partial charge in [-0.05, 0) is 39.2 Å². The monoisotopic (exact) mass is 219 g/mol. The molecule has 0 aromatic heterocycles. The van der Waals surface area contributed by atoms with Crippen LogP contribution in [0.2, 0.25) is 0 Å². The molecule has 1 aliphatic rings. The first-order valence-electron chi connectivity index (χ1n) is 5.97. The first-order chi connectivity index (χ1) is 7.42. The Morgan fingerprint density at radius 2 is 1.94 bits per heavy atom. The van der Waals surface area contributed by atoms with Crippen molar-refractivity contribution in [1.29, 1.82) is 0 Å². The van der Waals surface area contributed by atoms with Gasteiger partial charge in [0.25, 0.3) is 0 Å². The van der Waals surface area contributed by atoms with Gasteiger partial charge in [-0.2, -0.15) is 0 Å². The number of hydrogen-bond acceptors (Lipinski definition) is 2. The molecule has 0 saturated carbocycles. The lowest BCUT2D eigenvalue weighted by Gasteiger charge is -2.31. The summed E-state index contributed by atoms with van der Waals surface area (Å²) in [7, 11) is 0. The van der Waals surface area contributed by atoms with Gasteiger partial charge in [-0.3, -0.25) is 0 Å². The van der Waals surface area contributed by atoms with Crippen molar-refractivity contribution >= 4 is 0 Å². The average Bonchev–Trinajstić information content (AvgIpc) is 2.63. The molecule has 2 nitrogen and oxygen atoms in total. The summed E-state index contributed by atoms with van der Waals surface area (Å²) in [5, 5.41) is 13.6. The van der Waals surface area contributed by atoms with Gasteiger partial charge in [0.15, 0.2) is 0 Å². The van der Waals surface area contributed by atoms with Gasteiger partial charge in [0.05, 0.1) is 5.60 Å². The highest BCUT2D eigenvalue weighted by atomic mass is 16.3. The summed E-state index contributed by atoms with van der Waals surface area (Å²) in [5.41, 5.74) is 0.667. The Labute approximate surface area is 97.7 Å². The van der Waals surface area contributed by atoms with Gasteiger partial charge in [-0.1, -0.05) is 30.3 Å². The molecule has 88 valence electrons. The van der Waals surface area contributed by atoms with Crippen molar-refractivity contribution in [2.45, 2.75) is 50.8 Å². The topological polar surface area (TPSA) is 32.3 Å². The molecule has 2 N–H and O–H groups in total. The fraction of sp³-hybridized carbons (Fsp3) is 0.571. The van der Waals surface area contributed by atoms with Gasteiger partial charge >= 0.3 is 0 Å². The molecular formula is C14H21NO. The Morgan fingerprint density at radius 1 is 1.31 bits per heavy atom. The molecule has 1 aliphatic heterocycles. The Balaban J connectivity index is 2.19. The molecular weight excluding hydrogens is 198 g/mol. The molecule has 16 heavy (non-hydrogen) atoms. The third-order valence-corrected chi connectivity index (χ3v) is 3.69. The third kappa shape index (κ3) is 2.13. The van der Waals surface area contributed by atoms with Crippen molar-refractivity contribution in [3.8, 4) is 0 Å². The van der Waals surface area contributed by atoms with E-state index in [2.05, 4.69) is 36.5 Å². The molecule has 1 heterocycles. The summed E-state index contributed by atoms with van der Waals surface area (Å²) in [6.45, 7) is 5.97. The van der Waals surface area contributed by atoms with Crippen LogP contribution in [0.5, 0.6) is 0 Å². The second-order valence-corrected chi connectivity index (χ2v) is 5.59. The maximum absolute atomic E-state index is 10.0. The van der Waals surface area contributed by atoms with Crippen LogP contribution in [0.25, 0.3) is 0 Å². The molecule has 2 heteroatoms. The number of nitrogens with one attached hydrogen (secondary N) is 1.